The second-order valence-corrected chi connectivity index (χ2v) is 7.73. The summed E-state index contributed by atoms with van der Waals surface area (Å²) in [7, 11) is -4.09. The Morgan fingerprint density at radius 3 is 2.60 bits per heavy atom. The molecule has 2 heterocycles. The molecule has 0 unspecified atom stereocenters. The van der Waals surface area contributed by atoms with Crippen LogP contribution in [0.15, 0.2) is 39.8 Å². The molecule has 25 heavy (non-hydrogen) atoms. The normalized spacial score (nSPS) is 11.6. The molecule has 130 valence electrons. The lowest BCUT2D eigenvalue weighted by atomic mass is 10.1. The van der Waals surface area contributed by atoms with Crippen molar-refractivity contribution < 1.29 is 13.3 Å². The molecule has 1 N–H and O–H groups in total. The maximum Gasteiger partial charge on any atom is 0.276 e. The van der Waals surface area contributed by atoms with E-state index in [0.717, 1.165) is 0 Å². The summed E-state index contributed by atoms with van der Waals surface area (Å²) in [6.07, 6.45) is 0. The third kappa shape index (κ3) is 3.07. The Bertz CT molecular complexity index is 1110. The van der Waals surface area contributed by atoms with Crippen LogP contribution in [0, 0.1) is 24.0 Å². The fourth-order valence-corrected chi connectivity index (χ4v) is 4.08. The lowest BCUT2D eigenvalue weighted by Gasteiger charge is -2.09. The predicted octanol–water partition coefficient (Wildman–Crippen LogP) is 2.82. The average Bonchev–Trinajstić information content (AvgIpc) is 2.89. The molecule has 0 atom stereocenters. The van der Waals surface area contributed by atoms with Gasteiger partial charge < -0.3 is 0 Å². The molecule has 0 aliphatic heterocycles. The van der Waals surface area contributed by atoms with Crippen LogP contribution in [0.25, 0.3) is 5.65 Å². The van der Waals surface area contributed by atoms with Gasteiger partial charge in [-0.25, -0.2) is 17.7 Å². The fraction of sp³-hybridized carbons (Fsp3) is 0.143. The van der Waals surface area contributed by atoms with Crippen LogP contribution in [-0.2, 0) is 10.0 Å². The summed E-state index contributed by atoms with van der Waals surface area (Å²) in [5.41, 5.74) is 0.658. The molecule has 0 radical (unpaired) electrons. The topological polar surface area (TPSA) is 120 Å². The van der Waals surface area contributed by atoms with Gasteiger partial charge in [-0.15, -0.1) is 5.10 Å². The third-order valence-electron chi connectivity index (χ3n) is 3.59. The zero-order valence-corrected chi connectivity index (χ0v) is 15.5. The number of halogens is 1. The Labute approximate surface area is 151 Å². The van der Waals surface area contributed by atoms with Crippen LogP contribution in [0.5, 0.6) is 0 Å². The first kappa shape index (κ1) is 17.3. The number of rotatable bonds is 4. The van der Waals surface area contributed by atoms with E-state index in [0.29, 0.717) is 15.8 Å². The molecule has 0 amide bonds. The number of aryl methyl sites for hydroxylation is 1. The molecule has 0 saturated heterocycles. The monoisotopic (exact) mass is 425 g/mol. The van der Waals surface area contributed by atoms with Crippen molar-refractivity contribution in [2.75, 3.05) is 4.72 Å². The zero-order chi connectivity index (χ0) is 18.4. The molecule has 11 heteroatoms. The number of pyridine rings is 1. The maximum atomic E-state index is 12.6. The molecule has 9 nitrogen and oxygen atoms in total. The highest BCUT2D eigenvalue weighted by molar-refractivity contribution is 9.10. The lowest BCUT2D eigenvalue weighted by molar-refractivity contribution is -0.386. The number of nitrogens with zero attached hydrogens (tertiary/aromatic N) is 4. The van der Waals surface area contributed by atoms with Crippen LogP contribution in [0.1, 0.15) is 11.1 Å². The first-order valence-electron chi connectivity index (χ1n) is 6.99. The number of nitrogens with one attached hydrogen (secondary N) is 1. The smallest absolute Gasteiger partial charge is 0.258 e. The Balaban J connectivity index is 2.06. The van der Waals surface area contributed by atoms with Crippen molar-refractivity contribution in [2.45, 2.75) is 18.7 Å². The number of nitro groups is 1. The number of hydrogen-bond donors (Lipinski definition) is 1. The summed E-state index contributed by atoms with van der Waals surface area (Å²) < 4.78 is 29.6. The lowest BCUT2D eigenvalue weighted by Crippen LogP contribution is -2.16. The average molecular weight is 426 g/mol. The molecule has 3 rings (SSSR count). The molecule has 0 saturated carbocycles. The summed E-state index contributed by atoms with van der Waals surface area (Å²) in [6.45, 7) is 2.95. The quantitative estimate of drug-likeness (QED) is 0.389. The van der Waals surface area contributed by atoms with E-state index in [1.807, 2.05) is 0 Å². The Kier molecular flexibility index (Phi) is 4.21. The number of aromatic nitrogens is 3. The number of nitro benzene ring substituents is 1. The third-order valence-corrected chi connectivity index (χ3v) is 5.67. The fourth-order valence-electron chi connectivity index (χ4n) is 2.48. The minimum Gasteiger partial charge on any atom is -0.258 e. The van der Waals surface area contributed by atoms with Gasteiger partial charge in [-0.05, 0) is 48.0 Å². The number of sulfonamides is 1. The van der Waals surface area contributed by atoms with Gasteiger partial charge in [0.2, 0.25) is 0 Å². The summed E-state index contributed by atoms with van der Waals surface area (Å²) in [4.78, 5) is 14.5. The number of benzene rings is 1. The Morgan fingerprint density at radius 1 is 1.24 bits per heavy atom. The van der Waals surface area contributed by atoms with Gasteiger partial charge in [-0.3, -0.25) is 10.1 Å². The molecule has 0 aliphatic rings. The van der Waals surface area contributed by atoms with Gasteiger partial charge in [0.1, 0.15) is 4.60 Å². The van der Waals surface area contributed by atoms with E-state index in [9.17, 15) is 18.5 Å². The molecule has 3 aromatic rings. The van der Waals surface area contributed by atoms with Crippen LogP contribution in [0.2, 0.25) is 0 Å². The minimum absolute atomic E-state index is 0.0578. The number of hydrogen-bond acceptors (Lipinski definition) is 6. The molecule has 1 aromatic carbocycles. The first-order valence-corrected chi connectivity index (χ1v) is 9.27. The van der Waals surface area contributed by atoms with Crippen LogP contribution < -0.4 is 4.72 Å². The highest BCUT2D eigenvalue weighted by Gasteiger charge is 2.26. The highest BCUT2D eigenvalue weighted by atomic mass is 79.9. The summed E-state index contributed by atoms with van der Waals surface area (Å²) >= 11 is 3.29. The van der Waals surface area contributed by atoms with E-state index < -0.39 is 14.9 Å². The summed E-state index contributed by atoms with van der Waals surface area (Å²) in [5, 5.41) is 15.3. The van der Waals surface area contributed by atoms with Gasteiger partial charge in [0, 0.05) is 11.1 Å². The van der Waals surface area contributed by atoms with Gasteiger partial charge in [0.25, 0.3) is 21.7 Å². The van der Waals surface area contributed by atoms with Crippen LogP contribution in [0.3, 0.4) is 0 Å². The van der Waals surface area contributed by atoms with Crippen LogP contribution >= 0.6 is 15.9 Å². The maximum absolute atomic E-state index is 12.6. The van der Waals surface area contributed by atoms with Gasteiger partial charge in [-0.1, -0.05) is 12.1 Å². The van der Waals surface area contributed by atoms with Crippen molar-refractivity contribution in [3.05, 3.63) is 56.2 Å². The van der Waals surface area contributed by atoms with E-state index in [4.69, 9.17) is 0 Å². The van der Waals surface area contributed by atoms with E-state index >= 15 is 0 Å². The minimum atomic E-state index is -4.09. The molecule has 0 aliphatic carbocycles. The summed E-state index contributed by atoms with van der Waals surface area (Å²) in [6, 6.07) is 7.85. The van der Waals surface area contributed by atoms with E-state index in [1.54, 1.807) is 25.1 Å². The second kappa shape index (κ2) is 6.08. The van der Waals surface area contributed by atoms with E-state index in [-0.39, 0.29) is 22.1 Å². The van der Waals surface area contributed by atoms with E-state index in [2.05, 4.69) is 30.7 Å². The Hall–Kier alpha value is -2.53. The van der Waals surface area contributed by atoms with Gasteiger partial charge in [-0.2, -0.15) is 4.98 Å². The van der Waals surface area contributed by atoms with Crippen molar-refractivity contribution in [3.8, 4) is 0 Å². The first-order chi connectivity index (χ1) is 11.7. The molecule has 0 spiro atoms. The Morgan fingerprint density at radius 2 is 1.96 bits per heavy atom. The van der Waals surface area contributed by atoms with E-state index in [1.165, 1.54) is 23.6 Å². The van der Waals surface area contributed by atoms with Crippen LogP contribution in [0.4, 0.5) is 11.6 Å². The second-order valence-electron chi connectivity index (χ2n) is 5.27. The molecule has 0 bridgehead atoms. The van der Waals surface area contributed by atoms with Crippen molar-refractivity contribution >= 4 is 43.2 Å². The molecule has 2 aromatic heterocycles. The van der Waals surface area contributed by atoms with Gasteiger partial charge in [0.05, 0.1) is 9.82 Å². The SMILES string of the molecule is Cc1ccc(S(=O)(=O)Nc2nc3cccc(Br)n3n2)c(C)c1[N+](=O)[O-]. The molecular weight excluding hydrogens is 414 g/mol. The van der Waals surface area contributed by atoms with Crippen molar-refractivity contribution in [2.24, 2.45) is 0 Å². The molecule has 0 fully saturated rings. The summed E-state index contributed by atoms with van der Waals surface area (Å²) in [5.74, 6) is -0.130. The van der Waals surface area contributed by atoms with Crippen molar-refractivity contribution in [3.63, 3.8) is 0 Å². The predicted molar refractivity (Wildman–Crippen MR) is 94.1 cm³/mol. The largest absolute Gasteiger partial charge is 0.276 e. The zero-order valence-electron chi connectivity index (χ0n) is 13.1. The van der Waals surface area contributed by atoms with Crippen molar-refractivity contribution in [1.82, 2.24) is 14.6 Å². The number of fused-ring (bicyclic) bond motifs is 1. The number of anilines is 1. The van der Waals surface area contributed by atoms with Gasteiger partial charge >= 0.3 is 0 Å². The van der Waals surface area contributed by atoms with Crippen LogP contribution in [-0.4, -0.2) is 27.9 Å². The highest BCUT2D eigenvalue weighted by Crippen LogP contribution is 2.29. The van der Waals surface area contributed by atoms with Crippen molar-refractivity contribution in [1.29, 1.82) is 0 Å². The molecular formula is C14H12BrN5O4S. The van der Waals surface area contributed by atoms with Gasteiger partial charge in [0.15, 0.2) is 5.65 Å². The standard InChI is InChI=1S/C14H12BrN5O4S/c1-8-6-7-10(9(2)13(8)20(21)22)25(23,24)18-14-16-12-5-3-4-11(15)19(12)17-14/h3-7H,1-2H3,(H,17,18).